The number of ether oxygens (including phenoxy) is 1. The van der Waals surface area contributed by atoms with Crippen molar-refractivity contribution in [2.45, 2.75) is 37.5 Å². The molecule has 1 saturated heterocycles. The number of halogens is 1. The van der Waals surface area contributed by atoms with E-state index in [0.29, 0.717) is 6.61 Å². The first-order chi connectivity index (χ1) is 9.81. The van der Waals surface area contributed by atoms with Crippen molar-refractivity contribution < 1.29 is 9.53 Å². The number of hydrogen-bond acceptors (Lipinski definition) is 3. The molecule has 0 unspecified atom stereocenters. The van der Waals surface area contributed by atoms with Crippen molar-refractivity contribution >= 4 is 18.4 Å². The monoisotopic (exact) mass is 309 g/mol. The van der Waals surface area contributed by atoms with Crippen molar-refractivity contribution in [2.75, 3.05) is 26.2 Å². The molecule has 1 aliphatic carbocycles. The van der Waals surface area contributed by atoms with Gasteiger partial charge in [0, 0.05) is 6.54 Å². The number of rotatable bonds is 5. The number of hydrogen-bond donors (Lipinski definition) is 0. The van der Waals surface area contributed by atoms with E-state index >= 15 is 0 Å². The summed E-state index contributed by atoms with van der Waals surface area (Å²) in [5, 5.41) is 0. The second-order valence-electron chi connectivity index (χ2n) is 5.99. The molecule has 0 N–H and O–H groups in total. The van der Waals surface area contributed by atoms with E-state index < -0.39 is 0 Å². The third kappa shape index (κ3) is 3.41. The van der Waals surface area contributed by atoms with Crippen molar-refractivity contribution in [3.63, 3.8) is 0 Å². The van der Waals surface area contributed by atoms with Crippen molar-refractivity contribution in [1.29, 1.82) is 0 Å². The summed E-state index contributed by atoms with van der Waals surface area (Å²) < 4.78 is 5.59. The zero-order chi connectivity index (χ0) is 13.8. The third-order valence-electron chi connectivity index (χ3n) is 4.76. The van der Waals surface area contributed by atoms with Gasteiger partial charge in [-0.2, -0.15) is 0 Å². The second-order valence-corrected chi connectivity index (χ2v) is 5.99. The zero-order valence-electron chi connectivity index (χ0n) is 12.4. The third-order valence-corrected chi connectivity index (χ3v) is 4.76. The fraction of sp³-hybridized carbons (Fsp3) is 0.588. The van der Waals surface area contributed by atoms with Crippen LogP contribution in [0.2, 0.25) is 0 Å². The summed E-state index contributed by atoms with van der Waals surface area (Å²) in [4.78, 5) is 14.9. The summed E-state index contributed by atoms with van der Waals surface area (Å²) in [6.07, 6.45) is 5.54. The Hall–Kier alpha value is -1.06. The van der Waals surface area contributed by atoms with Crippen molar-refractivity contribution in [2.24, 2.45) is 0 Å². The van der Waals surface area contributed by atoms with Crippen LogP contribution in [0.25, 0.3) is 0 Å². The van der Waals surface area contributed by atoms with Gasteiger partial charge in [0.25, 0.3) is 0 Å². The fourth-order valence-electron chi connectivity index (χ4n) is 3.31. The first-order valence-corrected chi connectivity index (χ1v) is 7.76. The Morgan fingerprint density at radius 2 is 1.76 bits per heavy atom. The van der Waals surface area contributed by atoms with E-state index in [1.165, 1.54) is 12.8 Å². The highest BCUT2D eigenvalue weighted by Crippen LogP contribution is 2.44. The molecule has 1 saturated carbocycles. The first-order valence-electron chi connectivity index (χ1n) is 7.76. The lowest BCUT2D eigenvalue weighted by molar-refractivity contribution is -0.154. The molecule has 2 aliphatic rings. The molecule has 2 fully saturated rings. The normalized spacial score (nSPS) is 20.4. The predicted molar refractivity (Wildman–Crippen MR) is 85.9 cm³/mol. The average Bonchev–Trinajstić information content (AvgIpc) is 2.92. The van der Waals surface area contributed by atoms with Crippen molar-refractivity contribution in [1.82, 2.24) is 4.90 Å². The number of nitrogens with zero attached hydrogens (tertiary/aromatic N) is 1. The maximum atomic E-state index is 12.5. The van der Waals surface area contributed by atoms with Crippen LogP contribution in [0.15, 0.2) is 30.3 Å². The Kier molecular flexibility index (Phi) is 5.65. The molecule has 21 heavy (non-hydrogen) atoms. The van der Waals surface area contributed by atoms with Crippen LogP contribution in [-0.2, 0) is 14.9 Å². The van der Waals surface area contributed by atoms with Crippen LogP contribution in [0.1, 0.15) is 37.7 Å². The van der Waals surface area contributed by atoms with E-state index in [1.807, 2.05) is 18.2 Å². The lowest BCUT2D eigenvalue weighted by Gasteiger charge is -2.39. The molecule has 0 atom stereocenters. The Labute approximate surface area is 133 Å². The van der Waals surface area contributed by atoms with Crippen LogP contribution in [0, 0.1) is 0 Å². The van der Waals surface area contributed by atoms with Crippen molar-refractivity contribution in [3.05, 3.63) is 35.9 Å². The predicted octanol–water partition coefficient (Wildman–Crippen LogP) is 3.17. The Morgan fingerprint density at radius 3 is 2.33 bits per heavy atom. The van der Waals surface area contributed by atoms with E-state index in [9.17, 15) is 4.79 Å². The molecule has 3 rings (SSSR count). The highest BCUT2D eigenvalue weighted by molar-refractivity contribution is 5.85. The smallest absolute Gasteiger partial charge is 0.316 e. The van der Waals surface area contributed by atoms with Crippen LogP contribution in [0.4, 0.5) is 0 Å². The summed E-state index contributed by atoms with van der Waals surface area (Å²) in [6, 6.07) is 10.1. The quantitative estimate of drug-likeness (QED) is 0.783. The van der Waals surface area contributed by atoms with Gasteiger partial charge in [0.05, 0.1) is 5.41 Å². The number of carbonyl (C=O) groups is 1. The van der Waals surface area contributed by atoms with Crippen LogP contribution in [0.3, 0.4) is 0 Å². The summed E-state index contributed by atoms with van der Waals surface area (Å²) >= 11 is 0. The molecule has 1 aromatic carbocycles. The highest BCUT2D eigenvalue weighted by atomic mass is 35.5. The van der Waals surface area contributed by atoms with E-state index in [0.717, 1.165) is 44.5 Å². The molecule has 116 valence electrons. The SMILES string of the molecule is Cl.O=C(OCCN1CCCC1)C1(c2ccccc2)CCC1. The summed E-state index contributed by atoms with van der Waals surface area (Å²) in [5.74, 6) is -0.0193. The second kappa shape index (κ2) is 7.28. The molecule has 4 heteroatoms. The maximum absolute atomic E-state index is 12.5. The molecule has 0 amide bonds. The van der Waals surface area contributed by atoms with Gasteiger partial charge in [0.2, 0.25) is 0 Å². The number of benzene rings is 1. The van der Waals surface area contributed by atoms with E-state index in [-0.39, 0.29) is 23.8 Å². The van der Waals surface area contributed by atoms with Crippen molar-refractivity contribution in [3.8, 4) is 0 Å². The zero-order valence-corrected chi connectivity index (χ0v) is 13.2. The Bertz CT molecular complexity index is 453. The Morgan fingerprint density at radius 1 is 1.10 bits per heavy atom. The number of esters is 1. The summed E-state index contributed by atoms with van der Waals surface area (Å²) in [7, 11) is 0. The molecule has 1 aromatic rings. The van der Waals surface area contributed by atoms with Crippen LogP contribution in [0.5, 0.6) is 0 Å². The minimum Gasteiger partial charge on any atom is -0.464 e. The minimum absolute atomic E-state index is 0. The van der Waals surface area contributed by atoms with Gasteiger partial charge in [-0.25, -0.2) is 0 Å². The van der Waals surface area contributed by atoms with Gasteiger partial charge < -0.3 is 4.74 Å². The van der Waals surface area contributed by atoms with E-state index in [1.54, 1.807) is 0 Å². The molecular formula is C17H24ClNO2. The molecule has 1 heterocycles. The lowest BCUT2D eigenvalue weighted by atomic mass is 9.64. The highest BCUT2D eigenvalue weighted by Gasteiger charge is 2.46. The van der Waals surface area contributed by atoms with Crippen LogP contribution < -0.4 is 0 Å². The van der Waals surface area contributed by atoms with E-state index in [2.05, 4.69) is 17.0 Å². The topological polar surface area (TPSA) is 29.5 Å². The van der Waals surface area contributed by atoms with Gasteiger partial charge in [0.1, 0.15) is 6.61 Å². The Balaban J connectivity index is 0.00000161. The fourth-order valence-corrected chi connectivity index (χ4v) is 3.31. The van der Waals surface area contributed by atoms with Gasteiger partial charge in [-0.3, -0.25) is 9.69 Å². The molecule has 0 radical (unpaired) electrons. The molecule has 3 nitrogen and oxygen atoms in total. The maximum Gasteiger partial charge on any atom is 0.316 e. The molecule has 0 bridgehead atoms. The molecular weight excluding hydrogens is 286 g/mol. The summed E-state index contributed by atoms with van der Waals surface area (Å²) in [5.41, 5.74) is 0.768. The molecule has 1 aliphatic heterocycles. The first kappa shape index (κ1) is 16.3. The number of likely N-dealkylation sites (tertiary alicyclic amines) is 1. The van der Waals surface area contributed by atoms with Crippen LogP contribution >= 0.6 is 12.4 Å². The minimum atomic E-state index is -0.355. The van der Waals surface area contributed by atoms with E-state index in [4.69, 9.17) is 4.74 Å². The molecule has 0 spiro atoms. The van der Waals surface area contributed by atoms with Gasteiger partial charge in [-0.05, 0) is 44.3 Å². The standard InChI is InChI=1S/C17H23NO2.ClH/c19-16(20-14-13-18-11-4-5-12-18)17(9-6-10-17)15-7-2-1-3-8-15;/h1-3,7-8H,4-6,9-14H2;1H. The number of carbonyl (C=O) groups excluding carboxylic acids is 1. The van der Waals surface area contributed by atoms with Gasteiger partial charge >= 0.3 is 5.97 Å². The molecule has 0 aromatic heterocycles. The van der Waals surface area contributed by atoms with Crippen LogP contribution in [-0.4, -0.2) is 37.1 Å². The van der Waals surface area contributed by atoms with Gasteiger partial charge in [-0.15, -0.1) is 12.4 Å². The van der Waals surface area contributed by atoms with Gasteiger partial charge in [0.15, 0.2) is 0 Å². The lowest BCUT2D eigenvalue weighted by Crippen LogP contribution is -2.44. The summed E-state index contributed by atoms with van der Waals surface area (Å²) in [6.45, 7) is 3.73. The average molecular weight is 310 g/mol. The van der Waals surface area contributed by atoms with Gasteiger partial charge in [-0.1, -0.05) is 36.8 Å². The largest absolute Gasteiger partial charge is 0.464 e.